The lowest BCUT2D eigenvalue weighted by molar-refractivity contribution is 0.0734. The summed E-state index contributed by atoms with van der Waals surface area (Å²) >= 11 is 0. The number of hydrogen-bond acceptors (Lipinski definition) is 3. The van der Waals surface area contributed by atoms with Crippen molar-refractivity contribution in [3.05, 3.63) is 84.0 Å². The molecule has 3 heteroatoms. The number of esters is 1. The van der Waals surface area contributed by atoms with E-state index in [1.165, 1.54) is 37.7 Å². The Labute approximate surface area is 180 Å². The van der Waals surface area contributed by atoms with Crippen molar-refractivity contribution in [2.75, 3.05) is 6.61 Å². The van der Waals surface area contributed by atoms with Crippen LogP contribution in [0.3, 0.4) is 0 Å². The topological polar surface area (TPSA) is 35.5 Å². The Bertz CT molecular complexity index is 831. The number of ether oxygens (including phenoxy) is 2. The molecule has 0 bridgehead atoms. The van der Waals surface area contributed by atoms with Crippen molar-refractivity contribution in [1.29, 1.82) is 0 Å². The minimum atomic E-state index is -0.356. The molecule has 0 heterocycles. The predicted molar refractivity (Wildman–Crippen MR) is 122 cm³/mol. The van der Waals surface area contributed by atoms with Crippen LogP contribution in [0.4, 0.5) is 0 Å². The fraction of sp³-hybridized carbons (Fsp3) is 0.370. The Morgan fingerprint density at radius 2 is 1.57 bits per heavy atom. The van der Waals surface area contributed by atoms with Crippen LogP contribution in [-0.4, -0.2) is 12.6 Å². The molecule has 0 saturated heterocycles. The molecular weight excluding hydrogens is 372 g/mol. The van der Waals surface area contributed by atoms with Gasteiger partial charge >= 0.3 is 5.97 Å². The van der Waals surface area contributed by atoms with Crippen LogP contribution in [0.15, 0.2) is 72.8 Å². The van der Waals surface area contributed by atoms with E-state index in [0.717, 1.165) is 18.6 Å². The van der Waals surface area contributed by atoms with Gasteiger partial charge in [-0.1, -0.05) is 75.5 Å². The average molecular weight is 405 g/mol. The maximum Gasteiger partial charge on any atom is 0.343 e. The first kappa shape index (κ1) is 21.9. The summed E-state index contributed by atoms with van der Waals surface area (Å²) in [5.41, 5.74) is 1.74. The smallest absolute Gasteiger partial charge is 0.343 e. The van der Waals surface area contributed by atoms with Crippen molar-refractivity contribution in [3.8, 4) is 11.5 Å². The van der Waals surface area contributed by atoms with Gasteiger partial charge < -0.3 is 9.47 Å². The number of rotatable bonds is 11. The molecule has 0 spiro atoms. The molecule has 1 aliphatic rings. The highest BCUT2D eigenvalue weighted by Gasteiger charge is 2.11. The van der Waals surface area contributed by atoms with Crippen LogP contribution in [0, 0.1) is 0 Å². The van der Waals surface area contributed by atoms with Crippen LogP contribution < -0.4 is 9.47 Å². The van der Waals surface area contributed by atoms with E-state index in [4.69, 9.17) is 9.47 Å². The first-order chi connectivity index (χ1) is 14.8. The number of carbonyl (C=O) groups is 1. The van der Waals surface area contributed by atoms with Crippen molar-refractivity contribution < 1.29 is 14.3 Å². The van der Waals surface area contributed by atoms with Crippen LogP contribution in [0.2, 0.25) is 0 Å². The summed E-state index contributed by atoms with van der Waals surface area (Å²) in [4.78, 5) is 12.4. The lowest BCUT2D eigenvalue weighted by atomic mass is 9.93. The Morgan fingerprint density at radius 1 is 0.867 bits per heavy atom. The molecule has 0 fully saturated rings. The average Bonchev–Trinajstić information content (AvgIpc) is 2.80. The van der Waals surface area contributed by atoms with Gasteiger partial charge in [0.2, 0.25) is 0 Å². The standard InChI is InChI=1S/C27H32O3/c1-2-3-4-5-6-10-21-29-25-17-15-24(16-18-25)27(28)30-26-19-13-23(14-20-26)22-11-8-7-9-12-22/h7-9,11,13-20,22H,2-6,10,12,21H2,1H3/t22-/m0/s1. The molecule has 158 valence electrons. The Kier molecular flexibility index (Phi) is 8.77. The number of allylic oxidation sites excluding steroid dienone is 4. The molecule has 1 atom stereocenters. The summed E-state index contributed by atoms with van der Waals surface area (Å²) < 4.78 is 11.3. The monoisotopic (exact) mass is 404 g/mol. The zero-order chi connectivity index (χ0) is 21.0. The van der Waals surface area contributed by atoms with Crippen LogP contribution in [-0.2, 0) is 0 Å². The third-order valence-corrected chi connectivity index (χ3v) is 5.36. The Morgan fingerprint density at radius 3 is 2.27 bits per heavy atom. The zero-order valence-electron chi connectivity index (χ0n) is 17.9. The highest BCUT2D eigenvalue weighted by Crippen LogP contribution is 2.26. The summed E-state index contributed by atoms with van der Waals surface area (Å²) in [5.74, 6) is 1.39. The first-order valence-electron chi connectivity index (χ1n) is 11.1. The van der Waals surface area contributed by atoms with Gasteiger partial charge in [0.15, 0.2) is 0 Å². The minimum Gasteiger partial charge on any atom is -0.494 e. The molecule has 2 aromatic rings. The van der Waals surface area contributed by atoms with Crippen LogP contribution in [0.1, 0.15) is 73.7 Å². The highest BCUT2D eigenvalue weighted by molar-refractivity contribution is 5.91. The molecule has 0 amide bonds. The maximum absolute atomic E-state index is 12.4. The quantitative estimate of drug-likeness (QED) is 0.225. The number of benzene rings is 2. The largest absolute Gasteiger partial charge is 0.494 e. The third-order valence-electron chi connectivity index (χ3n) is 5.36. The molecule has 0 N–H and O–H groups in total. The van der Waals surface area contributed by atoms with Gasteiger partial charge in [-0.2, -0.15) is 0 Å². The van der Waals surface area contributed by atoms with Gasteiger partial charge in [-0.25, -0.2) is 4.79 Å². The second-order valence-electron chi connectivity index (χ2n) is 7.75. The highest BCUT2D eigenvalue weighted by atomic mass is 16.5. The molecule has 3 nitrogen and oxygen atoms in total. The van der Waals surface area contributed by atoms with E-state index in [9.17, 15) is 4.79 Å². The number of carbonyl (C=O) groups excluding carboxylic acids is 1. The van der Waals surface area contributed by atoms with Crippen molar-refractivity contribution >= 4 is 5.97 Å². The van der Waals surface area contributed by atoms with E-state index in [2.05, 4.69) is 31.2 Å². The van der Waals surface area contributed by atoms with E-state index in [1.807, 2.05) is 36.4 Å². The van der Waals surface area contributed by atoms with Gasteiger partial charge in [0.25, 0.3) is 0 Å². The van der Waals surface area contributed by atoms with E-state index in [-0.39, 0.29) is 5.97 Å². The van der Waals surface area contributed by atoms with Crippen LogP contribution >= 0.6 is 0 Å². The predicted octanol–water partition coefficient (Wildman–Crippen LogP) is 7.24. The summed E-state index contributed by atoms with van der Waals surface area (Å²) in [6, 6.07) is 14.9. The van der Waals surface area contributed by atoms with Crippen molar-refractivity contribution in [3.63, 3.8) is 0 Å². The van der Waals surface area contributed by atoms with Gasteiger partial charge in [-0.15, -0.1) is 0 Å². The molecule has 0 aromatic heterocycles. The molecule has 0 saturated carbocycles. The summed E-state index contributed by atoms with van der Waals surface area (Å²) in [7, 11) is 0. The summed E-state index contributed by atoms with van der Waals surface area (Å²) in [6.07, 6.45) is 16.9. The summed E-state index contributed by atoms with van der Waals surface area (Å²) in [5, 5.41) is 0. The third kappa shape index (κ3) is 6.91. The molecular formula is C27H32O3. The van der Waals surface area contributed by atoms with Gasteiger partial charge in [-0.05, 0) is 54.8 Å². The molecule has 0 unspecified atom stereocenters. The van der Waals surface area contributed by atoms with Gasteiger partial charge in [0, 0.05) is 5.92 Å². The first-order valence-corrected chi connectivity index (χ1v) is 11.1. The van der Waals surface area contributed by atoms with Crippen molar-refractivity contribution in [1.82, 2.24) is 0 Å². The fourth-order valence-corrected chi connectivity index (χ4v) is 3.54. The molecule has 0 aliphatic heterocycles. The molecule has 30 heavy (non-hydrogen) atoms. The van der Waals surface area contributed by atoms with Crippen LogP contribution in [0.25, 0.3) is 0 Å². The Hall–Kier alpha value is -2.81. The number of unbranched alkanes of at least 4 members (excludes halogenated alkanes) is 5. The molecule has 3 rings (SSSR count). The van der Waals surface area contributed by atoms with Gasteiger partial charge in [0.05, 0.1) is 12.2 Å². The van der Waals surface area contributed by atoms with E-state index in [1.54, 1.807) is 12.1 Å². The van der Waals surface area contributed by atoms with E-state index >= 15 is 0 Å². The van der Waals surface area contributed by atoms with Gasteiger partial charge in [0.1, 0.15) is 11.5 Å². The fourth-order valence-electron chi connectivity index (χ4n) is 3.54. The van der Waals surface area contributed by atoms with Crippen molar-refractivity contribution in [2.45, 2.75) is 57.8 Å². The second kappa shape index (κ2) is 12.0. The lowest BCUT2D eigenvalue weighted by Crippen LogP contribution is -2.08. The minimum absolute atomic E-state index is 0.356. The molecule has 1 aliphatic carbocycles. The van der Waals surface area contributed by atoms with Crippen molar-refractivity contribution in [2.24, 2.45) is 0 Å². The van der Waals surface area contributed by atoms with Crippen LogP contribution in [0.5, 0.6) is 11.5 Å². The molecule has 2 aromatic carbocycles. The Balaban J connectivity index is 1.43. The maximum atomic E-state index is 12.4. The lowest BCUT2D eigenvalue weighted by Gasteiger charge is -2.14. The van der Waals surface area contributed by atoms with E-state index < -0.39 is 0 Å². The second-order valence-corrected chi connectivity index (χ2v) is 7.75. The zero-order valence-corrected chi connectivity index (χ0v) is 17.9. The van der Waals surface area contributed by atoms with Gasteiger partial charge in [-0.3, -0.25) is 0 Å². The summed E-state index contributed by atoms with van der Waals surface area (Å²) in [6.45, 7) is 2.94. The normalized spacial score (nSPS) is 15.2. The van der Waals surface area contributed by atoms with E-state index in [0.29, 0.717) is 23.8 Å². The SMILES string of the molecule is CCCCCCCCOc1ccc(C(=O)Oc2ccc([C@H]3C=CC=CC3)cc2)cc1. The molecule has 0 radical (unpaired) electrons. The number of hydrogen-bond donors (Lipinski definition) is 0.